The zero-order valence-electron chi connectivity index (χ0n) is 31.7. The number of nitrogens with one attached hydrogen (secondary N) is 5. The largest absolute Gasteiger partial charge is 0.346 e. The number of benzene rings is 1. The summed E-state index contributed by atoms with van der Waals surface area (Å²) in [6, 6.07) is 4.68. The predicted molar refractivity (Wildman–Crippen MR) is 199 cm³/mol. The standard InChI is InChI=1S/C40H58N6O6/c1-8-21-41-34(49)30(47)27(22-24-17-18-24)43-33(48)29-28-26(39(28,5)6)23-46(29)36(51)32(38(2,3)4)44-35(50)31(40(7)19-13-10-14-20-40)45-37(52)42-25-15-11-9-12-16-25/h8-9,11-12,15-16,24,26-29,31-32H,1,10,13-14,17-23H2,2-7H3,(H,41,49)(H,43,48)(H,44,50)(H2,42,45,52)/t26?,27?,28?,29-,31+,32+/m0/s1. The molecular weight excluding hydrogens is 660 g/mol. The number of nitrogens with zero attached hydrogens (tertiary/aromatic N) is 1. The van der Waals surface area contributed by atoms with E-state index in [1.165, 1.54) is 6.08 Å². The van der Waals surface area contributed by atoms with Gasteiger partial charge < -0.3 is 31.5 Å². The lowest BCUT2D eigenvalue weighted by atomic mass is 9.70. The third-order valence-electron chi connectivity index (χ3n) is 12.0. The zero-order valence-corrected chi connectivity index (χ0v) is 31.7. The summed E-state index contributed by atoms with van der Waals surface area (Å²) in [6.45, 7) is 15.8. The minimum Gasteiger partial charge on any atom is -0.346 e. The van der Waals surface area contributed by atoms with E-state index < -0.39 is 64.5 Å². The number of amides is 6. The van der Waals surface area contributed by atoms with Gasteiger partial charge in [-0.2, -0.15) is 0 Å². The van der Waals surface area contributed by atoms with Crippen LogP contribution in [0.25, 0.3) is 0 Å². The predicted octanol–water partition coefficient (Wildman–Crippen LogP) is 4.32. The van der Waals surface area contributed by atoms with Gasteiger partial charge in [0.15, 0.2) is 0 Å². The van der Waals surface area contributed by atoms with E-state index in [2.05, 4.69) is 47.0 Å². The Morgan fingerprint density at radius 3 is 2.19 bits per heavy atom. The van der Waals surface area contributed by atoms with Crippen LogP contribution in [0.4, 0.5) is 10.5 Å². The van der Waals surface area contributed by atoms with Crippen molar-refractivity contribution in [3.8, 4) is 0 Å². The minimum absolute atomic E-state index is 0.0641. The number of carbonyl (C=O) groups excluding carboxylic acids is 6. The maximum absolute atomic E-state index is 14.7. The minimum atomic E-state index is -1.02. The highest BCUT2D eigenvalue weighted by Crippen LogP contribution is 2.65. The van der Waals surface area contributed by atoms with Crippen LogP contribution in [-0.4, -0.2) is 77.6 Å². The Balaban J connectivity index is 1.37. The van der Waals surface area contributed by atoms with Crippen molar-refractivity contribution in [1.29, 1.82) is 0 Å². The second-order valence-electron chi connectivity index (χ2n) is 17.4. The molecule has 3 saturated carbocycles. The van der Waals surface area contributed by atoms with Gasteiger partial charge in [0.05, 0.1) is 6.04 Å². The number of Topliss-reactive ketones (excluding diaryl/α,β-unsaturated/α-hetero) is 1. The average molecular weight is 719 g/mol. The fraction of sp³-hybridized carbons (Fsp3) is 0.650. The second-order valence-corrected chi connectivity index (χ2v) is 17.4. The smallest absolute Gasteiger partial charge is 0.319 e. The van der Waals surface area contributed by atoms with E-state index >= 15 is 0 Å². The molecule has 3 aliphatic carbocycles. The van der Waals surface area contributed by atoms with Crippen molar-refractivity contribution in [2.75, 3.05) is 18.4 Å². The molecule has 0 aromatic heterocycles. The Morgan fingerprint density at radius 2 is 1.60 bits per heavy atom. The van der Waals surface area contributed by atoms with E-state index in [-0.39, 0.29) is 35.6 Å². The highest BCUT2D eigenvalue weighted by atomic mass is 16.2. The lowest BCUT2D eigenvalue weighted by Gasteiger charge is -2.42. The molecule has 1 saturated heterocycles. The number of hydrogen-bond acceptors (Lipinski definition) is 6. The highest BCUT2D eigenvalue weighted by Gasteiger charge is 2.70. The van der Waals surface area contributed by atoms with E-state index in [9.17, 15) is 28.8 Å². The van der Waals surface area contributed by atoms with Crippen LogP contribution < -0.4 is 26.6 Å². The topological polar surface area (TPSA) is 166 Å². The van der Waals surface area contributed by atoms with Crippen molar-refractivity contribution in [2.45, 2.75) is 117 Å². The fourth-order valence-corrected chi connectivity index (χ4v) is 8.46. The molecule has 284 valence electrons. The van der Waals surface area contributed by atoms with Gasteiger partial charge in [0, 0.05) is 18.8 Å². The van der Waals surface area contributed by atoms with Crippen molar-refractivity contribution < 1.29 is 28.8 Å². The van der Waals surface area contributed by atoms with Crippen LogP contribution >= 0.6 is 0 Å². The summed E-state index contributed by atoms with van der Waals surface area (Å²) in [7, 11) is 0. The van der Waals surface area contributed by atoms with Gasteiger partial charge in [0.2, 0.25) is 23.5 Å². The molecule has 0 bridgehead atoms. The first-order valence-corrected chi connectivity index (χ1v) is 18.9. The van der Waals surface area contributed by atoms with Gasteiger partial charge >= 0.3 is 6.03 Å². The lowest BCUT2D eigenvalue weighted by Crippen LogP contribution is -2.64. The molecule has 1 aromatic rings. The lowest BCUT2D eigenvalue weighted by molar-refractivity contribution is -0.147. The van der Waals surface area contributed by atoms with Gasteiger partial charge in [-0.15, -0.1) is 6.58 Å². The van der Waals surface area contributed by atoms with Gasteiger partial charge in [-0.05, 0) is 65.4 Å². The monoisotopic (exact) mass is 718 g/mol. The number of fused-ring (bicyclic) bond motifs is 1. The Hall–Kier alpha value is -4.22. The summed E-state index contributed by atoms with van der Waals surface area (Å²) in [5.41, 5.74) is -0.902. The van der Waals surface area contributed by atoms with Crippen LogP contribution in [0.3, 0.4) is 0 Å². The maximum atomic E-state index is 14.7. The third kappa shape index (κ3) is 8.69. The van der Waals surface area contributed by atoms with E-state index in [1.54, 1.807) is 17.0 Å². The van der Waals surface area contributed by atoms with Crippen LogP contribution in [0.2, 0.25) is 0 Å². The highest BCUT2D eigenvalue weighted by molar-refractivity contribution is 6.38. The molecule has 4 fully saturated rings. The molecule has 0 spiro atoms. The Morgan fingerprint density at radius 1 is 0.942 bits per heavy atom. The van der Waals surface area contributed by atoms with E-state index in [4.69, 9.17) is 0 Å². The number of anilines is 1. The summed E-state index contributed by atoms with van der Waals surface area (Å²) < 4.78 is 0. The molecule has 12 nitrogen and oxygen atoms in total. The van der Waals surface area contributed by atoms with Crippen molar-refractivity contribution in [1.82, 2.24) is 26.2 Å². The molecule has 5 N–H and O–H groups in total. The van der Waals surface area contributed by atoms with Crippen LogP contribution in [0.15, 0.2) is 43.0 Å². The normalized spacial score (nSPS) is 24.6. The number of likely N-dealkylation sites (tertiary alicyclic amines) is 1. The molecule has 52 heavy (non-hydrogen) atoms. The molecule has 12 heteroatoms. The van der Waals surface area contributed by atoms with Crippen molar-refractivity contribution in [3.63, 3.8) is 0 Å². The third-order valence-corrected chi connectivity index (χ3v) is 12.0. The first kappa shape index (κ1) is 39.0. The van der Waals surface area contributed by atoms with Gasteiger partial charge in [-0.3, -0.25) is 24.0 Å². The molecule has 1 heterocycles. The van der Waals surface area contributed by atoms with Crippen LogP contribution in [-0.2, 0) is 24.0 Å². The van der Waals surface area contributed by atoms with Gasteiger partial charge in [-0.25, -0.2) is 4.79 Å². The van der Waals surface area contributed by atoms with E-state index in [1.807, 2.05) is 45.9 Å². The number of carbonyl (C=O) groups is 6. The Kier molecular flexibility index (Phi) is 11.6. The van der Waals surface area contributed by atoms with Crippen LogP contribution in [0.5, 0.6) is 0 Å². The Bertz CT molecular complexity index is 1540. The molecular formula is C40H58N6O6. The van der Waals surface area contributed by atoms with E-state index in [0.717, 1.165) is 44.9 Å². The Labute approximate surface area is 308 Å². The summed E-state index contributed by atoms with van der Waals surface area (Å²) in [4.78, 5) is 84.0. The van der Waals surface area contributed by atoms with Crippen molar-refractivity contribution in [3.05, 3.63) is 43.0 Å². The fourth-order valence-electron chi connectivity index (χ4n) is 8.46. The second kappa shape index (κ2) is 15.4. The van der Waals surface area contributed by atoms with Crippen LogP contribution in [0.1, 0.15) is 92.9 Å². The molecule has 6 amide bonds. The number of urea groups is 1. The number of ketones is 1. The van der Waals surface area contributed by atoms with Gasteiger partial charge in [0.1, 0.15) is 18.1 Å². The average Bonchev–Trinajstić information content (AvgIpc) is 3.95. The molecule has 5 rings (SSSR count). The SMILES string of the molecule is C=CCNC(=O)C(=O)C(CC1CC1)NC(=O)[C@@H]1C2C(CN1C(=O)[C@@H](NC(=O)[C@@H](NC(=O)Nc1ccccc1)C1(C)CCCCC1)C(C)(C)C)C2(C)C. The molecule has 1 aromatic carbocycles. The maximum Gasteiger partial charge on any atom is 0.319 e. The summed E-state index contributed by atoms with van der Waals surface area (Å²) >= 11 is 0. The molecule has 4 aliphatic rings. The molecule has 0 radical (unpaired) electrons. The summed E-state index contributed by atoms with van der Waals surface area (Å²) in [5, 5.41) is 14.2. The first-order valence-electron chi connectivity index (χ1n) is 18.9. The number of para-hydroxylation sites is 1. The first-order chi connectivity index (χ1) is 24.5. The van der Waals surface area contributed by atoms with Crippen molar-refractivity contribution >= 4 is 41.1 Å². The molecule has 1 aliphatic heterocycles. The molecule has 3 unspecified atom stereocenters. The summed E-state index contributed by atoms with van der Waals surface area (Å²) in [5.74, 6) is -2.63. The number of rotatable bonds is 14. The number of piperidine rings is 1. The van der Waals surface area contributed by atoms with Gasteiger partial charge in [-0.1, -0.05) is 97.9 Å². The quantitative estimate of drug-likeness (QED) is 0.142. The van der Waals surface area contributed by atoms with Crippen molar-refractivity contribution in [2.24, 2.45) is 34.0 Å². The van der Waals surface area contributed by atoms with Gasteiger partial charge in [0.25, 0.3) is 5.91 Å². The number of hydrogen-bond donors (Lipinski definition) is 5. The zero-order chi connectivity index (χ0) is 38.0. The molecule has 6 atom stereocenters. The van der Waals surface area contributed by atoms with Crippen LogP contribution in [0, 0.1) is 34.0 Å². The van der Waals surface area contributed by atoms with E-state index in [0.29, 0.717) is 18.7 Å². The summed E-state index contributed by atoms with van der Waals surface area (Å²) in [6.07, 6.45) is 8.07.